The van der Waals surface area contributed by atoms with Crippen molar-refractivity contribution >= 4 is 46.0 Å². The standard InChI is InChI=1S/C14H11Cl2FN4S/c1-22-14-19-12(16)10-6-18-21(13(10)20-14)7-11(15)8-2-4-9(17)5-3-8/h2-6,11H,7H2,1H3. The van der Waals surface area contributed by atoms with Crippen molar-refractivity contribution in [3.63, 3.8) is 0 Å². The molecule has 2 heterocycles. The van der Waals surface area contributed by atoms with E-state index in [4.69, 9.17) is 23.2 Å². The molecule has 0 aliphatic rings. The highest BCUT2D eigenvalue weighted by atomic mass is 35.5. The number of fused-ring (bicyclic) bond motifs is 1. The minimum Gasteiger partial charge on any atom is -0.245 e. The van der Waals surface area contributed by atoms with E-state index in [0.717, 1.165) is 5.56 Å². The smallest absolute Gasteiger partial charge is 0.190 e. The van der Waals surface area contributed by atoms with Crippen LogP contribution in [-0.2, 0) is 6.54 Å². The van der Waals surface area contributed by atoms with E-state index in [0.29, 0.717) is 27.9 Å². The van der Waals surface area contributed by atoms with Crippen LogP contribution in [0.3, 0.4) is 0 Å². The number of hydrogen-bond acceptors (Lipinski definition) is 4. The Bertz CT molecular complexity index is 806. The van der Waals surface area contributed by atoms with Gasteiger partial charge < -0.3 is 0 Å². The lowest BCUT2D eigenvalue weighted by Gasteiger charge is -2.11. The van der Waals surface area contributed by atoms with Gasteiger partial charge in [0.1, 0.15) is 11.0 Å². The lowest BCUT2D eigenvalue weighted by atomic mass is 10.1. The van der Waals surface area contributed by atoms with Crippen molar-refractivity contribution in [1.29, 1.82) is 0 Å². The maximum atomic E-state index is 13.0. The number of nitrogens with zero attached hydrogens (tertiary/aromatic N) is 4. The van der Waals surface area contributed by atoms with Crippen molar-refractivity contribution in [1.82, 2.24) is 19.7 Å². The molecule has 0 amide bonds. The van der Waals surface area contributed by atoms with E-state index in [1.807, 2.05) is 6.26 Å². The van der Waals surface area contributed by atoms with Crippen molar-refractivity contribution in [2.24, 2.45) is 0 Å². The van der Waals surface area contributed by atoms with Gasteiger partial charge in [0.15, 0.2) is 10.8 Å². The monoisotopic (exact) mass is 356 g/mol. The van der Waals surface area contributed by atoms with Crippen LogP contribution in [0.15, 0.2) is 35.6 Å². The van der Waals surface area contributed by atoms with Crippen molar-refractivity contribution in [3.8, 4) is 0 Å². The molecule has 1 aromatic carbocycles. The first-order valence-corrected chi connectivity index (χ1v) is 8.45. The van der Waals surface area contributed by atoms with Crippen LogP contribution in [0.25, 0.3) is 11.0 Å². The Labute approximate surface area is 140 Å². The van der Waals surface area contributed by atoms with Crippen molar-refractivity contribution in [2.45, 2.75) is 17.1 Å². The van der Waals surface area contributed by atoms with Crippen LogP contribution < -0.4 is 0 Å². The second-order valence-electron chi connectivity index (χ2n) is 4.58. The number of alkyl halides is 1. The van der Waals surface area contributed by atoms with Crippen LogP contribution in [0.4, 0.5) is 4.39 Å². The van der Waals surface area contributed by atoms with E-state index in [-0.39, 0.29) is 11.2 Å². The number of rotatable bonds is 4. The molecule has 1 unspecified atom stereocenters. The fourth-order valence-corrected chi connectivity index (χ4v) is 2.96. The number of halogens is 3. The summed E-state index contributed by atoms with van der Waals surface area (Å²) in [5.74, 6) is -0.290. The summed E-state index contributed by atoms with van der Waals surface area (Å²) in [6.45, 7) is 0.401. The van der Waals surface area contributed by atoms with Gasteiger partial charge in [0.2, 0.25) is 0 Å². The molecule has 0 aliphatic heterocycles. The fraction of sp³-hybridized carbons (Fsp3) is 0.214. The third kappa shape index (κ3) is 3.04. The zero-order valence-corrected chi connectivity index (χ0v) is 13.8. The van der Waals surface area contributed by atoms with Crippen molar-refractivity contribution < 1.29 is 4.39 Å². The highest BCUT2D eigenvalue weighted by Crippen LogP contribution is 2.27. The van der Waals surface area contributed by atoms with Gasteiger partial charge in [0.05, 0.1) is 23.5 Å². The van der Waals surface area contributed by atoms with E-state index in [1.54, 1.807) is 23.0 Å². The van der Waals surface area contributed by atoms with Gasteiger partial charge in [0, 0.05) is 0 Å². The molecule has 1 atom stereocenters. The van der Waals surface area contributed by atoms with Crippen LogP contribution in [0.2, 0.25) is 5.15 Å². The summed E-state index contributed by atoms with van der Waals surface area (Å²) in [6.07, 6.45) is 3.50. The molecular formula is C14H11Cl2FN4S. The molecule has 0 saturated carbocycles. The average molecular weight is 357 g/mol. The lowest BCUT2D eigenvalue weighted by molar-refractivity contribution is 0.607. The molecular weight excluding hydrogens is 346 g/mol. The SMILES string of the molecule is CSc1nc(Cl)c2cnn(CC(Cl)c3ccc(F)cc3)c2n1. The van der Waals surface area contributed by atoms with E-state index in [9.17, 15) is 4.39 Å². The number of hydrogen-bond donors (Lipinski definition) is 0. The van der Waals surface area contributed by atoms with Crippen LogP contribution in [0, 0.1) is 5.82 Å². The average Bonchev–Trinajstić information content (AvgIpc) is 2.91. The second-order valence-corrected chi connectivity index (χ2v) is 6.24. The summed E-state index contributed by atoms with van der Waals surface area (Å²) in [6, 6.07) is 6.09. The van der Waals surface area contributed by atoms with Gasteiger partial charge in [-0.3, -0.25) is 0 Å². The first-order chi connectivity index (χ1) is 10.6. The quantitative estimate of drug-likeness (QED) is 0.302. The largest absolute Gasteiger partial charge is 0.245 e. The van der Waals surface area contributed by atoms with Crippen LogP contribution in [0.5, 0.6) is 0 Å². The third-order valence-electron chi connectivity index (χ3n) is 3.18. The highest BCUT2D eigenvalue weighted by molar-refractivity contribution is 7.98. The Balaban J connectivity index is 1.93. The Hall–Kier alpha value is -1.37. The summed E-state index contributed by atoms with van der Waals surface area (Å²) < 4.78 is 14.7. The lowest BCUT2D eigenvalue weighted by Crippen LogP contribution is -2.07. The van der Waals surface area contributed by atoms with Gasteiger partial charge >= 0.3 is 0 Å². The summed E-state index contributed by atoms with van der Waals surface area (Å²) in [4.78, 5) is 8.59. The first-order valence-electron chi connectivity index (χ1n) is 6.41. The van der Waals surface area contributed by atoms with Gasteiger partial charge in [-0.05, 0) is 24.0 Å². The predicted octanol–water partition coefficient (Wildman–Crippen LogP) is 4.32. The molecule has 0 aliphatic carbocycles. The Morgan fingerprint density at radius 2 is 2.00 bits per heavy atom. The van der Waals surface area contributed by atoms with Crippen LogP contribution in [0.1, 0.15) is 10.9 Å². The van der Waals surface area contributed by atoms with Crippen molar-refractivity contribution in [3.05, 3.63) is 47.0 Å². The second kappa shape index (κ2) is 6.40. The molecule has 0 radical (unpaired) electrons. The molecule has 114 valence electrons. The summed E-state index contributed by atoms with van der Waals surface area (Å²) in [5, 5.41) is 5.55. The molecule has 22 heavy (non-hydrogen) atoms. The maximum absolute atomic E-state index is 13.0. The highest BCUT2D eigenvalue weighted by Gasteiger charge is 2.15. The molecule has 3 aromatic rings. The van der Waals surface area contributed by atoms with Crippen LogP contribution in [-0.4, -0.2) is 26.0 Å². The van der Waals surface area contributed by atoms with E-state index < -0.39 is 0 Å². The molecule has 0 fully saturated rings. The molecule has 0 bridgehead atoms. The maximum Gasteiger partial charge on any atom is 0.190 e. The summed E-state index contributed by atoms with van der Waals surface area (Å²) in [7, 11) is 0. The zero-order valence-electron chi connectivity index (χ0n) is 11.5. The Morgan fingerprint density at radius 1 is 1.27 bits per heavy atom. The fourth-order valence-electron chi connectivity index (χ4n) is 2.06. The molecule has 0 N–H and O–H groups in total. The normalized spacial score (nSPS) is 12.7. The molecule has 8 heteroatoms. The first kappa shape index (κ1) is 15.5. The molecule has 2 aromatic heterocycles. The van der Waals surface area contributed by atoms with E-state index in [2.05, 4.69) is 15.1 Å². The van der Waals surface area contributed by atoms with Crippen LogP contribution >= 0.6 is 35.0 Å². The number of thioether (sulfide) groups is 1. The molecule has 4 nitrogen and oxygen atoms in total. The molecule has 3 rings (SSSR count). The van der Waals surface area contributed by atoms with E-state index in [1.165, 1.54) is 23.9 Å². The number of benzene rings is 1. The third-order valence-corrected chi connectivity index (χ3v) is 4.40. The Morgan fingerprint density at radius 3 is 2.68 bits per heavy atom. The predicted molar refractivity (Wildman–Crippen MR) is 87.1 cm³/mol. The summed E-state index contributed by atoms with van der Waals surface area (Å²) >= 11 is 13.9. The van der Waals surface area contributed by atoms with Gasteiger partial charge in [-0.1, -0.05) is 35.5 Å². The molecule has 0 spiro atoms. The minimum absolute atomic E-state index is 0.290. The van der Waals surface area contributed by atoms with Gasteiger partial charge in [-0.25, -0.2) is 19.0 Å². The number of aromatic nitrogens is 4. The van der Waals surface area contributed by atoms with Crippen molar-refractivity contribution in [2.75, 3.05) is 6.26 Å². The minimum atomic E-state index is -0.352. The Kier molecular flexibility index (Phi) is 4.52. The zero-order chi connectivity index (χ0) is 15.7. The van der Waals surface area contributed by atoms with Gasteiger partial charge in [-0.15, -0.1) is 11.6 Å². The van der Waals surface area contributed by atoms with E-state index >= 15 is 0 Å². The molecule has 0 saturated heterocycles. The topological polar surface area (TPSA) is 43.6 Å². The van der Waals surface area contributed by atoms with Gasteiger partial charge in [0.25, 0.3) is 0 Å². The van der Waals surface area contributed by atoms with Gasteiger partial charge in [-0.2, -0.15) is 5.10 Å². The summed E-state index contributed by atoms with van der Waals surface area (Å²) in [5.41, 5.74) is 1.45.